The van der Waals surface area contributed by atoms with Crippen molar-refractivity contribution in [2.75, 3.05) is 4.72 Å². The Morgan fingerprint density at radius 1 is 1.19 bits per heavy atom. The first-order valence-corrected chi connectivity index (χ1v) is 7.42. The third-order valence-electron chi connectivity index (χ3n) is 2.56. The van der Waals surface area contributed by atoms with Crippen molar-refractivity contribution in [3.05, 3.63) is 57.6 Å². The zero-order valence-corrected chi connectivity index (χ0v) is 11.9. The molecule has 110 valence electrons. The number of anilines is 1. The average molecular weight is 329 g/mol. The lowest BCUT2D eigenvalue weighted by molar-refractivity contribution is -0.387. The summed E-state index contributed by atoms with van der Waals surface area (Å²) >= 11 is 5.64. The highest BCUT2D eigenvalue weighted by atomic mass is 35.5. The first kappa shape index (κ1) is 15.1. The lowest BCUT2D eigenvalue weighted by Gasteiger charge is -2.09. The highest BCUT2D eigenvalue weighted by molar-refractivity contribution is 7.92. The van der Waals surface area contributed by atoms with E-state index in [0.717, 1.165) is 12.1 Å². The van der Waals surface area contributed by atoms with Gasteiger partial charge < -0.3 is 5.11 Å². The summed E-state index contributed by atoms with van der Waals surface area (Å²) in [6, 6.07) is 8.84. The first-order valence-electron chi connectivity index (χ1n) is 5.56. The number of para-hydroxylation sites is 2. The van der Waals surface area contributed by atoms with E-state index in [4.69, 9.17) is 11.6 Å². The van der Waals surface area contributed by atoms with Crippen molar-refractivity contribution in [3.8, 4) is 5.75 Å². The van der Waals surface area contributed by atoms with Crippen LogP contribution in [0.1, 0.15) is 0 Å². The van der Waals surface area contributed by atoms with Crippen LogP contribution in [0.25, 0.3) is 0 Å². The highest BCUT2D eigenvalue weighted by Gasteiger charge is 2.26. The van der Waals surface area contributed by atoms with Crippen LogP contribution in [-0.2, 0) is 10.0 Å². The minimum Gasteiger partial charge on any atom is -0.506 e. The second-order valence-electron chi connectivity index (χ2n) is 3.99. The molecule has 21 heavy (non-hydrogen) atoms. The number of hydrogen-bond donors (Lipinski definition) is 2. The van der Waals surface area contributed by atoms with Crippen LogP contribution >= 0.6 is 11.6 Å². The standard InChI is InChI=1S/C12H9ClN2O5S/c13-8-5-6-12(10(7-8)15(17)18)21(19,20)14-9-3-1-2-4-11(9)16/h1-7,14,16H. The van der Waals surface area contributed by atoms with E-state index in [9.17, 15) is 23.6 Å². The Bertz CT molecular complexity index is 807. The van der Waals surface area contributed by atoms with Gasteiger partial charge in [-0.15, -0.1) is 0 Å². The molecule has 0 heterocycles. The quantitative estimate of drug-likeness (QED) is 0.509. The second kappa shape index (κ2) is 5.58. The number of nitrogens with one attached hydrogen (secondary N) is 1. The first-order chi connectivity index (χ1) is 9.81. The van der Waals surface area contributed by atoms with Gasteiger partial charge in [-0.05, 0) is 24.3 Å². The summed E-state index contributed by atoms with van der Waals surface area (Å²) in [5.41, 5.74) is -0.729. The average Bonchev–Trinajstić information content (AvgIpc) is 2.40. The number of halogens is 1. The Hall–Kier alpha value is -2.32. The van der Waals surface area contributed by atoms with Crippen LogP contribution in [-0.4, -0.2) is 18.4 Å². The molecule has 0 aromatic heterocycles. The molecule has 0 aliphatic heterocycles. The Kier molecular flexibility index (Phi) is 4.01. The van der Waals surface area contributed by atoms with Crippen molar-refractivity contribution in [2.24, 2.45) is 0 Å². The summed E-state index contributed by atoms with van der Waals surface area (Å²) in [6.45, 7) is 0. The van der Waals surface area contributed by atoms with Gasteiger partial charge in [0.15, 0.2) is 4.90 Å². The number of aromatic hydroxyl groups is 1. The largest absolute Gasteiger partial charge is 0.506 e. The Morgan fingerprint density at radius 2 is 1.86 bits per heavy atom. The lowest BCUT2D eigenvalue weighted by atomic mass is 10.3. The number of nitro benzene ring substituents is 1. The van der Waals surface area contributed by atoms with Crippen molar-refractivity contribution >= 4 is 33.0 Å². The normalized spacial score (nSPS) is 11.1. The van der Waals surface area contributed by atoms with Gasteiger partial charge in [-0.25, -0.2) is 8.42 Å². The lowest BCUT2D eigenvalue weighted by Crippen LogP contribution is -2.14. The molecule has 0 aliphatic rings. The van der Waals surface area contributed by atoms with Crippen molar-refractivity contribution in [2.45, 2.75) is 4.90 Å². The maximum Gasteiger partial charge on any atom is 0.291 e. The topological polar surface area (TPSA) is 110 Å². The highest BCUT2D eigenvalue weighted by Crippen LogP contribution is 2.30. The van der Waals surface area contributed by atoms with Crippen LogP contribution in [0.3, 0.4) is 0 Å². The van der Waals surface area contributed by atoms with Gasteiger partial charge in [0, 0.05) is 11.1 Å². The number of rotatable bonds is 4. The maximum atomic E-state index is 12.2. The van der Waals surface area contributed by atoms with E-state index in [1.54, 1.807) is 0 Å². The Balaban J connectivity index is 2.50. The third-order valence-corrected chi connectivity index (χ3v) is 4.20. The molecule has 0 unspecified atom stereocenters. The second-order valence-corrected chi connectivity index (χ2v) is 6.08. The molecule has 0 atom stereocenters. The van der Waals surface area contributed by atoms with Crippen LogP contribution in [0.5, 0.6) is 5.75 Å². The summed E-state index contributed by atoms with van der Waals surface area (Å²) in [5, 5.41) is 20.6. The summed E-state index contributed by atoms with van der Waals surface area (Å²) < 4.78 is 26.5. The van der Waals surface area contributed by atoms with E-state index in [1.807, 2.05) is 0 Å². The van der Waals surface area contributed by atoms with Crippen molar-refractivity contribution in [3.63, 3.8) is 0 Å². The zero-order chi connectivity index (χ0) is 15.6. The van der Waals surface area contributed by atoms with Gasteiger partial charge in [-0.1, -0.05) is 23.7 Å². The number of benzene rings is 2. The van der Waals surface area contributed by atoms with Gasteiger partial charge in [-0.2, -0.15) is 0 Å². The van der Waals surface area contributed by atoms with E-state index >= 15 is 0 Å². The SMILES string of the molecule is O=[N+]([O-])c1cc(Cl)ccc1S(=O)(=O)Nc1ccccc1O. The maximum absolute atomic E-state index is 12.2. The van der Waals surface area contributed by atoms with Crippen molar-refractivity contribution < 1.29 is 18.4 Å². The predicted octanol–water partition coefficient (Wildman–Crippen LogP) is 2.75. The molecular weight excluding hydrogens is 320 g/mol. The molecule has 0 spiro atoms. The summed E-state index contributed by atoms with van der Waals surface area (Å²) in [5.74, 6) is -0.294. The molecule has 0 amide bonds. The number of hydrogen-bond acceptors (Lipinski definition) is 5. The predicted molar refractivity (Wildman–Crippen MR) is 77.0 cm³/mol. The van der Waals surface area contributed by atoms with Crippen LogP contribution in [0, 0.1) is 10.1 Å². The summed E-state index contributed by atoms with van der Waals surface area (Å²) in [7, 11) is -4.24. The van der Waals surface area contributed by atoms with E-state index in [1.165, 1.54) is 30.3 Å². The molecule has 0 radical (unpaired) electrons. The van der Waals surface area contributed by atoms with Gasteiger partial charge >= 0.3 is 0 Å². The van der Waals surface area contributed by atoms with E-state index < -0.39 is 25.5 Å². The molecule has 7 nitrogen and oxygen atoms in total. The van der Waals surface area contributed by atoms with Crippen molar-refractivity contribution in [1.29, 1.82) is 0 Å². The minimum atomic E-state index is -4.24. The monoisotopic (exact) mass is 328 g/mol. The fourth-order valence-electron chi connectivity index (χ4n) is 1.62. The molecule has 9 heteroatoms. The molecular formula is C12H9ClN2O5S. The van der Waals surface area contributed by atoms with E-state index in [0.29, 0.717) is 0 Å². The fourth-order valence-corrected chi connectivity index (χ4v) is 3.01. The molecule has 0 saturated carbocycles. The molecule has 0 saturated heterocycles. The zero-order valence-electron chi connectivity index (χ0n) is 10.4. The molecule has 2 rings (SSSR count). The van der Waals surface area contributed by atoms with Crippen LogP contribution < -0.4 is 4.72 Å². The van der Waals surface area contributed by atoms with Crippen LogP contribution in [0.15, 0.2) is 47.4 Å². The fraction of sp³-hybridized carbons (Fsp3) is 0. The molecule has 2 aromatic carbocycles. The van der Waals surface area contributed by atoms with Crippen molar-refractivity contribution in [1.82, 2.24) is 0 Å². The molecule has 2 N–H and O–H groups in total. The Labute approximate surface area is 125 Å². The van der Waals surface area contributed by atoms with E-state index in [-0.39, 0.29) is 16.5 Å². The number of sulfonamides is 1. The van der Waals surface area contributed by atoms with Crippen LogP contribution in [0.4, 0.5) is 11.4 Å². The molecule has 2 aromatic rings. The molecule has 0 bridgehead atoms. The summed E-state index contributed by atoms with van der Waals surface area (Å²) in [6.07, 6.45) is 0. The molecule has 0 fully saturated rings. The third kappa shape index (κ3) is 3.23. The number of nitro groups is 1. The minimum absolute atomic E-state index is 0.0446. The molecule has 0 aliphatic carbocycles. The summed E-state index contributed by atoms with van der Waals surface area (Å²) in [4.78, 5) is 9.56. The van der Waals surface area contributed by atoms with Gasteiger partial charge in [-0.3, -0.25) is 14.8 Å². The number of phenolic OH excluding ortho intramolecular Hbond substituents is 1. The Morgan fingerprint density at radius 3 is 2.48 bits per heavy atom. The van der Waals surface area contributed by atoms with Gasteiger partial charge in [0.1, 0.15) is 5.75 Å². The van der Waals surface area contributed by atoms with Gasteiger partial charge in [0.2, 0.25) is 0 Å². The van der Waals surface area contributed by atoms with Gasteiger partial charge in [0.05, 0.1) is 10.6 Å². The van der Waals surface area contributed by atoms with Crippen LogP contribution in [0.2, 0.25) is 5.02 Å². The number of phenols is 1. The smallest absolute Gasteiger partial charge is 0.291 e. The van der Waals surface area contributed by atoms with Gasteiger partial charge in [0.25, 0.3) is 15.7 Å². The van der Waals surface area contributed by atoms with E-state index in [2.05, 4.69) is 4.72 Å². The number of nitrogens with zero attached hydrogens (tertiary/aromatic N) is 1.